The van der Waals surface area contributed by atoms with Crippen molar-refractivity contribution in [1.82, 2.24) is 9.21 Å². The highest BCUT2D eigenvalue weighted by Gasteiger charge is 2.53. The minimum Gasteiger partial charge on any atom is -0.481 e. The summed E-state index contributed by atoms with van der Waals surface area (Å²) in [5.41, 5.74) is 1.20. The van der Waals surface area contributed by atoms with Gasteiger partial charge in [0.1, 0.15) is 0 Å². The van der Waals surface area contributed by atoms with Gasteiger partial charge in [0.15, 0.2) is 0 Å². The number of carboxylic acids is 1. The van der Waals surface area contributed by atoms with Gasteiger partial charge in [-0.1, -0.05) is 79.5 Å². The van der Waals surface area contributed by atoms with Crippen molar-refractivity contribution in [1.29, 1.82) is 0 Å². The summed E-state index contributed by atoms with van der Waals surface area (Å²) in [6.45, 7) is 3.91. The van der Waals surface area contributed by atoms with Crippen LogP contribution in [-0.4, -0.2) is 47.2 Å². The van der Waals surface area contributed by atoms with Gasteiger partial charge in [0, 0.05) is 35.1 Å². The molecule has 2 aliphatic rings. The lowest BCUT2D eigenvalue weighted by Crippen LogP contribution is -2.58. The van der Waals surface area contributed by atoms with Crippen LogP contribution in [0.1, 0.15) is 61.8 Å². The number of sulfonamides is 1. The molecule has 1 fully saturated rings. The smallest absolute Gasteiger partial charge is 0.304 e. The van der Waals surface area contributed by atoms with Crippen LogP contribution in [0.3, 0.4) is 0 Å². The maximum Gasteiger partial charge on any atom is 0.304 e. The lowest BCUT2D eigenvalue weighted by Gasteiger charge is -2.52. The Bertz CT molecular complexity index is 1580. The van der Waals surface area contributed by atoms with Crippen LogP contribution in [0.5, 0.6) is 0 Å². The molecule has 0 saturated carbocycles. The largest absolute Gasteiger partial charge is 0.481 e. The van der Waals surface area contributed by atoms with Crippen LogP contribution in [0.15, 0.2) is 77.7 Å². The number of aliphatic carboxylic acids is 1. The zero-order chi connectivity index (χ0) is 29.5. The number of likely N-dealkylation sites (tertiary alicyclic amines) is 1. The standard InChI is InChI=1S/C31H32Cl2N2O5S/c1-3-25(19-34-18-22-7-4-5-10-27(22)41(34,39)40)35-29(20-11-13-23(32)14-12-20)26(21-8-6-9-24(33)15-21)16-31(2,30(35)38)17-28(36)37/h4-15,25-26,29H,3,16-19H2,1-2H3,(H,36,37)/t25?,26-,29-,31-/m1/s1. The number of rotatable bonds is 8. The minimum absolute atomic E-state index is 0.0781. The molecule has 3 aromatic carbocycles. The quantitative estimate of drug-likeness (QED) is 0.312. The van der Waals surface area contributed by atoms with Gasteiger partial charge in [-0.3, -0.25) is 9.59 Å². The van der Waals surface area contributed by atoms with Crippen LogP contribution >= 0.6 is 23.2 Å². The number of halogens is 2. The van der Waals surface area contributed by atoms with Gasteiger partial charge in [-0.2, -0.15) is 4.31 Å². The first kappa shape index (κ1) is 29.6. The number of amides is 1. The number of hydrogen-bond acceptors (Lipinski definition) is 4. The summed E-state index contributed by atoms with van der Waals surface area (Å²) in [6.07, 6.45) is 0.395. The summed E-state index contributed by atoms with van der Waals surface area (Å²) in [4.78, 5) is 28.5. The second kappa shape index (κ2) is 11.4. The Kier molecular flexibility index (Phi) is 8.23. The Morgan fingerprint density at radius 3 is 2.37 bits per heavy atom. The van der Waals surface area contributed by atoms with Crippen LogP contribution in [0.25, 0.3) is 0 Å². The van der Waals surface area contributed by atoms with Crippen molar-refractivity contribution in [3.8, 4) is 0 Å². The van der Waals surface area contributed by atoms with Crippen LogP contribution in [0, 0.1) is 5.41 Å². The predicted molar refractivity (Wildman–Crippen MR) is 158 cm³/mol. The van der Waals surface area contributed by atoms with Crippen molar-refractivity contribution >= 4 is 45.1 Å². The fraction of sp³-hybridized carbons (Fsp3) is 0.355. The molecule has 10 heteroatoms. The van der Waals surface area contributed by atoms with E-state index in [0.717, 1.165) is 11.1 Å². The average Bonchev–Trinajstić information content (AvgIpc) is 3.18. The number of nitrogens with zero attached hydrogens (tertiary/aromatic N) is 2. The Labute approximate surface area is 250 Å². The predicted octanol–water partition coefficient (Wildman–Crippen LogP) is 6.51. The molecule has 0 radical (unpaired) electrons. The fourth-order valence-corrected chi connectivity index (χ4v) is 8.39. The fourth-order valence-electron chi connectivity index (χ4n) is 6.39. The van der Waals surface area contributed by atoms with E-state index in [4.69, 9.17) is 23.2 Å². The molecule has 2 aliphatic heterocycles. The molecular weight excluding hydrogens is 583 g/mol. The highest BCUT2D eigenvalue weighted by atomic mass is 35.5. The van der Waals surface area contributed by atoms with Crippen LogP contribution in [0.2, 0.25) is 10.0 Å². The number of benzene rings is 3. The normalized spacial score (nSPS) is 24.7. The van der Waals surface area contributed by atoms with Gasteiger partial charge in [-0.05, 0) is 59.9 Å². The van der Waals surface area contributed by atoms with Gasteiger partial charge in [-0.25, -0.2) is 8.42 Å². The zero-order valence-electron chi connectivity index (χ0n) is 22.8. The number of carbonyl (C=O) groups excluding carboxylic acids is 1. The number of fused-ring (bicyclic) bond motifs is 1. The van der Waals surface area contributed by atoms with Crippen molar-refractivity contribution < 1.29 is 23.1 Å². The van der Waals surface area contributed by atoms with Crippen molar-refractivity contribution in [3.63, 3.8) is 0 Å². The molecule has 41 heavy (non-hydrogen) atoms. The SMILES string of the molecule is CCC(CN1Cc2ccccc2S1(=O)=O)N1C(=O)[C@@](C)(CC(=O)O)C[C@H](c2cccc(Cl)c2)[C@H]1c1ccc(Cl)cc1. The first-order chi connectivity index (χ1) is 19.4. The van der Waals surface area contributed by atoms with Crippen LogP contribution < -0.4 is 0 Å². The Morgan fingerprint density at radius 2 is 1.73 bits per heavy atom. The molecule has 1 saturated heterocycles. The Balaban J connectivity index is 1.64. The molecule has 5 rings (SSSR count). The van der Waals surface area contributed by atoms with E-state index in [-0.39, 0.29) is 42.7 Å². The lowest BCUT2D eigenvalue weighted by molar-refractivity contribution is -0.160. The van der Waals surface area contributed by atoms with Gasteiger partial charge in [0.25, 0.3) is 0 Å². The highest BCUT2D eigenvalue weighted by Crippen LogP contribution is 2.52. The Morgan fingerprint density at radius 1 is 1.02 bits per heavy atom. The monoisotopic (exact) mass is 614 g/mol. The molecule has 1 unspecified atom stereocenters. The minimum atomic E-state index is -3.75. The van der Waals surface area contributed by atoms with Gasteiger partial charge < -0.3 is 10.0 Å². The highest BCUT2D eigenvalue weighted by molar-refractivity contribution is 7.89. The number of piperidine rings is 1. The van der Waals surface area contributed by atoms with Crippen molar-refractivity contribution in [2.24, 2.45) is 5.41 Å². The second-order valence-electron chi connectivity index (χ2n) is 11.2. The van der Waals surface area contributed by atoms with E-state index in [9.17, 15) is 23.1 Å². The third-order valence-electron chi connectivity index (χ3n) is 8.35. The van der Waals surface area contributed by atoms with E-state index in [1.54, 1.807) is 48.2 Å². The maximum absolute atomic E-state index is 14.5. The molecule has 1 N–H and O–H groups in total. The van der Waals surface area contributed by atoms with Crippen molar-refractivity contribution in [2.45, 2.75) is 62.6 Å². The van der Waals surface area contributed by atoms with Gasteiger partial charge in [0.2, 0.25) is 15.9 Å². The van der Waals surface area contributed by atoms with Gasteiger partial charge in [-0.15, -0.1) is 0 Å². The molecule has 0 bridgehead atoms. The van der Waals surface area contributed by atoms with Crippen LogP contribution in [0.4, 0.5) is 0 Å². The third-order valence-corrected chi connectivity index (χ3v) is 10.7. The summed E-state index contributed by atoms with van der Waals surface area (Å²) in [7, 11) is -3.75. The van der Waals surface area contributed by atoms with E-state index >= 15 is 0 Å². The lowest BCUT2D eigenvalue weighted by atomic mass is 9.67. The van der Waals surface area contributed by atoms with Gasteiger partial charge in [0.05, 0.1) is 22.8 Å². The van der Waals surface area contributed by atoms with Gasteiger partial charge >= 0.3 is 5.97 Å². The Hall–Kier alpha value is -2.91. The first-order valence-corrected chi connectivity index (χ1v) is 15.8. The number of carboxylic acid groups (broad SMARTS) is 1. The number of carbonyl (C=O) groups is 2. The summed E-state index contributed by atoms with van der Waals surface area (Å²) in [6, 6.07) is 20.6. The molecule has 2 heterocycles. The summed E-state index contributed by atoms with van der Waals surface area (Å²) < 4.78 is 28.4. The molecule has 3 aromatic rings. The summed E-state index contributed by atoms with van der Waals surface area (Å²) in [5.74, 6) is -1.68. The average molecular weight is 616 g/mol. The van der Waals surface area contributed by atoms with E-state index in [1.807, 2.05) is 43.3 Å². The first-order valence-electron chi connectivity index (χ1n) is 13.6. The van der Waals surface area contributed by atoms with E-state index < -0.39 is 33.5 Å². The van der Waals surface area contributed by atoms with E-state index in [2.05, 4.69) is 0 Å². The van der Waals surface area contributed by atoms with Crippen molar-refractivity contribution in [2.75, 3.05) is 6.54 Å². The molecule has 0 spiro atoms. The van der Waals surface area contributed by atoms with Crippen LogP contribution in [-0.2, 0) is 26.2 Å². The topological polar surface area (TPSA) is 95.0 Å². The molecule has 1 amide bonds. The molecule has 0 aliphatic carbocycles. The zero-order valence-corrected chi connectivity index (χ0v) is 25.2. The second-order valence-corrected chi connectivity index (χ2v) is 14.0. The van der Waals surface area contributed by atoms with Crippen molar-refractivity contribution in [3.05, 3.63) is 99.5 Å². The summed E-state index contributed by atoms with van der Waals surface area (Å²) in [5, 5.41) is 10.9. The maximum atomic E-state index is 14.5. The summed E-state index contributed by atoms with van der Waals surface area (Å²) >= 11 is 12.6. The molecule has 7 nitrogen and oxygen atoms in total. The molecular formula is C31H32Cl2N2O5S. The molecule has 0 aromatic heterocycles. The van der Waals surface area contributed by atoms with E-state index in [0.29, 0.717) is 22.0 Å². The molecule has 4 atom stereocenters. The van der Waals surface area contributed by atoms with E-state index in [1.165, 1.54) is 4.31 Å². The third kappa shape index (κ3) is 5.63. The molecule has 216 valence electrons. The number of hydrogen-bond donors (Lipinski definition) is 1.